The monoisotopic (exact) mass is 352 g/mol. The number of hydrogen-bond donors (Lipinski definition) is 1. The van der Waals surface area contributed by atoms with Gasteiger partial charge in [0.05, 0.1) is 12.1 Å². The Morgan fingerprint density at radius 3 is 2.65 bits per heavy atom. The predicted molar refractivity (Wildman–Crippen MR) is 93.2 cm³/mol. The van der Waals surface area contributed by atoms with E-state index in [1.807, 2.05) is 30.3 Å². The average molecular weight is 352 g/mol. The minimum atomic E-state index is -0.400. The van der Waals surface area contributed by atoms with Gasteiger partial charge in [0, 0.05) is 18.7 Å². The molecule has 1 aliphatic carbocycles. The maximum atomic E-state index is 10.5. The van der Waals surface area contributed by atoms with E-state index in [2.05, 4.69) is 25.1 Å². The van der Waals surface area contributed by atoms with Gasteiger partial charge >= 0.3 is 0 Å². The van der Waals surface area contributed by atoms with E-state index in [4.69, 9.17) is 4.52 Å². The van der Waals surface area contributed by atoms with Crippen molar-refractivity contribution in [3.8, 4) is 11.5 Å². The number of rotatable bonds is 3. The van der Waals surface area contributed by atoms with Gasteiger partial charge in [-0.3, -0.25) is 0 Å². The fraction of sp³-hybridized carbons (Fsp3) is 0.444. The molecule has 1 saturated carbocycles. The Morgan fingerprint density at radius 1 is 1.08 bits per heavy atom. The molecule has 1 aliphatic heterocycles. The first kappa shape index (κ1) is 15.5. The van der Waals surface area contributed by atoms with Gasteiger partial charge in [0.25, 0.3) is 11.8 Å². The average Bonchev–Trinajstić information content (AvgIpc) is 3.41. The van der Waals surface area contributed by atoms with Crippen LogP contribution in [0.2, 0.25) is 0 Å². The summed E-state index contributed by atoms with van der Waals surface area (Å²) in [5.41, 5.74) is 0.921. The van der Waals surface area contributed by atoms with Crippen molar-refractivity contribution >= 4 is 5.95 Å². The molecule has 134 valence electrons. The maximum Gasteiger partial charge on any atom is 0.266 e. The zero-order valence-electron chi connectivity index (χ0n) is 14.2. The molecule has 2 aromatic heterocycles. The molecule has 0 bridgehead atoms. The van der Waals surface area contributed by atoms with Crippen LogP contribution in [0.25, 0.3) is 11.5 Å². The van der Waals surface area contributed by atoms with Gasteiger partial charge in [-0.2, -0.15) is 10.1 Å². The summed E-state index contributed by atoms with van der Waals surface area (Å²) in [7, 11) is 0. The van der Waals surface area contributed by atoms with Crippen LogP contribution in [0.15, 0.2) is 47.5 Å². The van der Waals surface area contributed by atoms with Gasteiger partial charge in [-0.1, -0.05) is 18.2 Å². The molecule has 0 radical (unpaired) electrons. The highest BCUT2D eigenvalue weighted by Crippen LogP contribution is 2.41. The first-order chi connectivity index (χ1) is 12.8. The molecule has 1 N–H and O–H groups in total. The Morgan fingerprint density at radius 2 is 1.88 bits per heavy atom. The van der Waals surface area contributed by atoms with E-state index >= 15 is 0 Å². The highest BCUT2D eigenvalue weighted by Gasteiger charge is 2.43. The van der Waals surface area contributed by atoms with Gasteiger partial charge in [0.1, 0.15) is 12.7 Å². The van der Waals surface area contributed by atoms with Gasteiger partial charge in [-0.25, -0.2) is 9.67 Å². The molecule has 3 aromatic rings. The van der Waals surface area contributed by atoms with E-state index in [0.29, 0.717) is 23.7 Å². The summed E-state index contributed by atoms with van der Waals surface area (Å²) < 4.78 is 7.23. The number of aromatic nitrogens is 5. The molecule has 1 aromatic carbocycles. The first-order valence-electron chi connectivity index (χ1n) is 8.94. The SMILES string of the molecule is O[C@@H]1C[C@H]2CN(c3noc(-c4ccccc4)n3)C[C@H]2C[C@H]1n1cncn1. The van der Waals surface area contributed by atoms with Crippen molar-refractivity contribution in [1.82, 2.24) is 24.9 Å². The van der Waals surface area contributed by atoms with Gasteiger partial charge in [0.15, 0.2) is 0 Å². The fourth-order valence-electron chi connectivity index (χ4n) is 4.29. The second-order valence-corrected chi connectivity index (χ2v) is 7.17. The van der Waals surface area contributed by atoms with E-state index in [-0.39, 0.29) is 6.04 Å². The lowest BCUT2D eigenvalue weighted by Gasteiger charge is -2.34. The molecule has 8 nitrogen and oxygen atoms in total. The number of hydrogen-bond acceptors (Lipinski definition) is 7. The van der Waals surface area contributed by atoms with Crippen molar-refractivity contribution in [1.29, 1.82) is 0 Å². The summed E-state index contributed by atoms with van der Waals surface area (Å²) in [5, 5.41) is 18.9. The third-order valence-corrected chi connectivity index (χ3v) is 5.60. The van der Waals surface area contributed by atoms with Crippen LogP contribution in [-0.4, -0.2) is 49.2 Å². The topological polar surface area (TPSA) is 93.1 Å². The van der Waals surface area contributed by atoms with E-state index in [1.165, 1.54) is 6.33 Å². The van der Waals surface area contributed by atoms with Gasteiger partial charge < -0.3 is 14.5 Å². The zero-order valence-corrected chi connectivity index (χ0v) is 14.2. The van der Waals surface area contributed by atoms with Crippen LogP contribution < -0.4 is 4.90 Å². The number of anilines is 1. The second kappa shape index (κ2) is 6.21. The quantitative estimate of drug-likeness (QED) is 0.768. The van der Waals surface area contributed by atoms with E-state index < -0.39 is 6.10 Å². The fourth-order valence-corrected chi connectivity index (χ4v) is 4.29. The van der Waals surface area contributed by atoms with Crippen LogP contribution in [0, 0.1) is 11.8 Å². The van der Waals surface area contributed by atoms with Gasteiger partial charge in [0.2, 0.25) is 0 Å². The highest BCUT2D eigenvalue weighted by atomic mass is 16.5. The molecule has 26 heavy (non-hydrogen) atoms. The molecule has 3 heterocycles. The summed E-state index contributed by atoms with van der Waals surface area (Å²) in [6.07, 6.45) is 4.45. The van der Waals surface area contributed by atoms with Crippen molar-refractivity contribution in [2.75, 3.05) is 18.0 Å². The van der Waals surface area contributed by atoms with Crippen molar-refractivity contribution in [3.05, 3.63) is 43.0 Å². The maximum absolute atomic E-state index is 10.5. The zero-order chi connectivity index (χ0) is 17.5. The predicted octanol–water partition coefficient (Wildman–Crippen LogP) is 1.78. The lowest BCUT2D eigenvalue weighted by atomic mass is 9.77. The smallest absolute Gasteiger partial charge is 0.266 e. The third kappa shape index (κ3) is 2.66. The van der Waals surface area contributed by atoms with E-state index in [1.54, 1.807) is 11.0 Å². The normalized spacial score (nSPS) is 28.3. The van der Waals surface area contributed by atoms with E-state index in [9.17, 15) is 5.11 Å². The molecule has 8 heteroatoms. The third-order valence-electron chi connectivity index (χ3n) is 5.60. The van der Waals surface area contributed by atoms with Crippen LogP contribution in [-0.2, 0) is 0 Å². The molecule has 1 saturated heterocycles. The van der Waals surface area contributed by atoms with Crippen molar-refractivity contribution in [2.24, 2.45) is 11.8 Å². The molecular formula is C18H20N6O2. The lowest BCUT2D eigenvalue weighted by molar-refractivity contribution is 0.0305. The van der Waals surface area contributed by atoms with Crippen LogP contribution in [0.1, 0.15) is 18.9 Å². The number of aliphatic hydroxyl groups excluding tert-OH is 1. The minimum Gasteiger partial charge on any atom is -0.391 e. The largest absolute Gasteiger partial charge is 0.391 e. The van der Waals surface area contributed by atoms with Crippen molar-refractivity contribution in [2.45, 2.75) is 25.0 Å². The van der Waals surface area contributed by atoms with Crippen LogP contribution in [0.3, 0.4) is 0 Å². The Kier molecular flexibility index (Phi) is 3.70. The number of fused-ring (bicyclic) bond motifs is 1. The number of aliphatic hydroxyl groups is 1. The Labute approximate surface area is 150 Å². The van der Waals surface area contributed by atoms with Crippen molar-refractivity contribution in [3.63, 3.8) is 0 Å². The molecule has 5 rings (SSSR count). The lowest BCUT2D eigenvalue weighted by Crippen LogP contribution is -2.36. The Hall–Kier alpha value is -2.74. The summed E-state index contributed by atoms with van der Waals surface area (Å²) >= 11 is 0. The van der Waals surface area contributed by atoms with Crippen LogP contribution in [0.4, 0.5) is 5.95 Å². The van der Waals surface area contributed by atoms with Crippen LogP contribution >= 0.6 is 0 Å². The van der Waals surface area contributed by atoms with Gasteiger partial charge in [-0.15, -0.1) is 0 Å². The standard InChI is InChI=1S/C18H20N6O2/c25-16-7-14-9-23(8-13(14)6-15(16)24-11-19-10-20-24)18-21-17(26-22-18)12-4-2-1-3-5-12/h1-5,10-11,13-16,25H,6-9H2/t13-,14+,15-,16-/m1/s1. The second-order valence-electron chi connectivity index (χ2n) is 7.17. The van der Waals surface area contributed by atoms with Crippen molar-refractivity contribution < 1.29 is 9.63 Å². The molecule has 4 atom stereocenters. The minimum absolute atomic E-state index is 0.0103. The molecule has 0 spiro atoms. The molecular weight excluding hydrogens is 332 g/mol. The van der Waals surface area contributed by atoms with E-state index in [0.717, 1.165) is 31.5 Å². The summed E-state index contributed by atoms with van der Waals surface area (Å²) in [6.45, 7) is 1.72. The summed E-state index contributed by atoms with van der Waals surface area (Å²) in [5.74, 6) is 2.08. The molecule has 0 amide bonds. The molecule has 2 aliphatic rings. The molecule has 2 fully saturated rings. The summed E-state index contributed by atoms with van der Waals surface area (Å²) in [4.78, 5) is 10.7. The Balaban J connectivity index is 1.32. The Bertz CT molecular complexity index is 865. The molecule has 0 unspecified atom stereocenters. The highest BCUT2D eigenvalue weighted by molar-refractivity contribution is 5.54. The van der Waals surface area contributed by atoms with Crippen LogP contribution in [0.5, 0.6) is 0 Å². The summed E-state index contributed by atoms with van der Waals surface area (Å²) in [6, 6.07) is 9.78. The number of benzene rings is 1. The number of nitrogens with zero attached hydrogens (tertiary/aromatic N) is 6. The van der Waals surface area contributed by atoms with Gasteiger partial charge in [-0.05, 0) is 42.0 Å². The first-order valence-corrected chi connectivity index (χ1v) is 8.94.